The van der Waals surface area contributed by atoms with E-state index in [1.807, 2.05) is 54.0 Å². The zero-order valence-electron chi connectivity index (χ0n) is 20.7. The first kappa shape index (κ1) is 25.3. The van der Waals surface area contributed by atoms with Gasteiger partial charge in [-0.2, -0.15) is 0 Å². The second kappa shape index (κ2) is 10.9. The molecule has 0 saturated carbocycles. The molecule has 4 rings (SSSR count). The van der Waals surface area contributed by atoms with E-state index in [0.29, 0.717) is 40.7 Å². The van der Waals surface area contributed by atoms with Crippen LogP contribution < -0.4 is 9.47 Å². The molecule has 7 heteroatoms. The van der Waals surface area contributed by atoms with Gasteiger partial charge in [0.15, 0.2) is 11.5 Å². The second-order valence-electron chi connectivity index (χ2n) is 8.52. The van der Waals surface area contributed by atoms with E-state index in [2.05, 4.69) is 0 Å². The van der Waals surface area contributed by atoms with Crippen molar-refractivity contribution in [3.63, 3.8) is 0 Å². The number of ether oxygens (including phenoxy) is 2. The third-order valence-corrected chi connectivity index (χ3v) is 6.47. The number of carbonyl (C=O) groups excluding carboxylic acids is 1. The van der Waals surface area contributed by atoms with Gasteiger partial charge in [-0.15, -0.1) is 0 Å². The van der Waals surface area contributed by atoms with Crippen molar-refractivity contribution in [3.8, 4) is 28.4 Å². The highest BCUT2D eigenvalue weighted by atomic mass is 35.5. The first-order chi connectivity index (χ1) is 17.3. The van der Waals surface area contributed by atoms with Gasteiger partial charge in [0.2, 0.25) is 0 Å². The number of methoxy groups -OCH3 is 2. The summed E-state index contributed by atoms with van der Waals surface area (Å²) >= 11 is 6.09. The van der Waals surface area contributed by atoms with Crippen LogP contribution in [0.2, 0.25) is 5.02 Å². The molecule has 0 spiro atoms. The number of benzene rings is 3. The topological polar surface area (TPSA) is 43.7 Å². The molecule has 36 heavy (non-hydrogen) atoms. The number of nitrogens with zero attached hydrogens (tertiary/aromatic N) is 2. The predicted octanol–water partition coefficient (Wildman–Crippen LogP) is 6.58. The zero-order chi connectivity index (χ0) is 25.8. The summed E-state index contributed by atoms with van der Waals surface area (Å²) in [5.74, 6) is 0.857. The van der Waals surface area contributed by atoms with Gasteiger partial charge in [-0.25, -0.2) is 4.39 Å². The number of likely N-dealkylation sites (N-methyl/N-ethyl adjacent to an activating group) is 1. The van der Waals surface area contributed by atoms with Crippen LogP contribution in [0.5, 0.6) is 11.5 Å². The number of amides is 1. The molecule has 0 aliphatic heterocycles. The molecule has 186 valence electrons. The van der Waals surface area contributed by atoms with E-state index in [9.17, 15) is 9.18 Å². The lowest BCUT2D eigenvalue weighted by Crippen LogP contribution is -2.29. The molecule has 0 aliphatic rings. The third-order valence-electron chi connectivity index (χ3n) is 6.21. The summed E-state index contributed by atoms with van der Waals surface area (Å²) in [6, 6.07) is 21.3. The lowest BCUT2D eigenvalue weighted by atomic mass is 10.1. The summed E-state index contributed by atoms with van der Waals surface area (Å²) in [4.78, 5) is 15.2. The lowest BCUT2D eigenvalue weighted by molar-refractivity contribution is 0.0796. The van der Waals surface area contributed by atoms with Gasteiger partial charge in [-0.3, -0.25) is 4.79 Å². The quantitative estimate of drug-likeness (QED) is 0.271. The molecule has 1 heterocycles. The Hall–Kier alpha value is -3.77. The Bertz CT molecular complexity index is 1380. The van der Waals surface area contributed by atoms with Crippen LogP contribution in [0, 0.1) is 12.7 Å². The first-order valence-electron chi connectivity index (χ1n) is 11.5. The van der Waals surface area contributed by atoms with Gasteiger partial charge in [0, 0.05) is 30.0 Å². The molecular weight excluding hydrogens is 479 g/mol. The van der Waals surface area contributed by atoms with Crippen LogP contribution in [-0.2, 0) is 6.42 Å². The predicted molar refractivity (Wildman–Crippen MR) is 141 cm³/mol. The van der Waals surface area contributed by atoms with Gasteiger partial charge in [0.1, 0.15) is 5.82 Å². The second-order valence-corrected chi connectivity index (χ2v) is 8.95. The number of halogens is 2. The van der Waals surface area contributed by atoms with E-state index in [1.165, 1.54) is 12.1 Å². The van der Waals surface area contributed by atoms with E-state index in [-0.39, 0.29) is 11.7 Å². The standard InChI is InChI=1S/C29H28ClFN2O3/c1-19-25(29(34)32(2)15-14-20-8-13-27(35-3)28(16-20)36-4)18-26(21-9-11-22(30)12-10-21)33(19)24-7-5-6-23(31)17-24/h5-13,16-18H,14-15H2,1-4H3. The Morgan fingerprint density at radius 3 is 2.36 bits per heavy atom. The van der Waals surface area contributed by atoms with Crippen molar-refractivity contribution in [2.75, 3.05) is 27.8 Å². The van der Waals surface area contributed by atoms with Crippen LogP contribution in [-0.4, -0.2) is 43.2 Å². The van der Waals surface area contributed by atoms with E-state index in [4.69, 9.17) is 21.1 Å². The molecule has 1 amide bonds. The summed E-state index contributed by atoms with van der Waals surface area (Å²) in [7, 11) is 4.98. The van der Waals surface area contributed by atoms with E-state index >= 15 is 0 Å². The molecule has 3 aromatic carbocycles. The number of hydrogen-bond donors (Lipinski definition) is 0. The van der Waals surface area contributed by atoms with Crippen molar-refractivity contribution >= 4 is 17.5 Å². The zero-order valence-corrected chi connectivity index (χ0v) is 21.5. The van der Waals surface area contributed by atoms with Crippen LogP contribution in [0.15, 0.2) is 72.8 Å². The molecule has 0 radical (unpaired) electrons. The minimum absolute atomic E-state index is 0.113. The normalized spacial score (nSPS) is 10.8. The van der Waals surface area contributed by atoms with Gasteiger partial charge in [0.25, 0.3) is 5.91 Å². The Labute approximate surface area is 215 Å². The Kier molecular flexibility index (Phi) is 7.65. The van der Waals surface area contributed by atoms with E-state index < -0.39 is 0 Å². The molecule has 0 saturated heterocycles. The maximum absolute atomic E-state index is 14.1. The molecule has 0 unspecified atom stereocenters. The molecule has 1 aromatic heterocycles. The number of hydrogen-bond acceptors (Lipinski definition) is 3. The van der Waals surface area contributed by atoms with Crippen molar-refractivity contribution < 1.29 is 18.7 Å². The van der Waals surface area contributed by atoms with Crippen molar-refractivity contribution in [1.82, 2.24) is 9.47 Å². The molecular formula is C29H28ClFN2O3. The van der Waals surface area contributed by atoms with Gasteiger partial charge in [-0.1, -0.05) is 35.9 Å². The fraction of sp³-hybridized carbons (Fsp3) is 0.207. The molecule has 0 bridgehead atoms. The molecule has 5 nitrogen and oxygen atoms in total. The first-order valence-corrected chi connectivity index (χ1v) is 11.9. The lowest BCUT2D eigenvalue weighted by Gasteiger charge is -2.18. The molecule has 0 atom stereocenters. The van der Waals surface area contributed by atoms with Gasteiger partial charge < -0.3 is 18.9 Å². The summed E-state index contributed by atoms with van der Waals surface area (Å²) in [6.45, 7) is 2.38. The molecule has 0 fully saturated rings. The van der Waals surface area contributed by atoms with Crippen molar-refractivity contribution in [1.29, 1.82) is 0 Å². The molecule has 0 aliphatic carbocycles. The average Bonchev–Trinajstić information content (AvgIpc) is 3.23. The van der Waals surface area contributed by atoms with Gasteiger partial charge in [0.05, 0.1) is 25.5 Å². The van der Waals surface area contributed by atoms with Crippen LogP contribution >= 0.6 is 11.6 Å². The van der Waals surface area contributed by atoms with Crippen LogP contribution in [0.4, 0.5) is 4.39 Å². The maximum Gasteiger partial charge on any atom is 0.255 e. The Balaban J connectivity index is 1.65. The average molecular weight is 507 g/mol. The highest BCUT2D eigenvalue weighted by molar-refractivity contribution is 6.30. The number of aromatic nitrogens is 1. The fourth-order valence-corrected chi connectivity index (χ4v) is 4.37. The highest BCUT2D eigenvalue weighted by Crippen LogP contribution is 2.32. The van der Waals surface area contributed by atoms with Crippen molar-refractivity contribution in [2.45, 2.75) is 13.3 Å². The van der Waals surface area contributed by atoms with Crippen molar-refractivity contribution in [2.24, 2.45) is 0 Å². The maximum atomic E-state index is 14.1. The van der Waals surface area contributed by atoms with Gasteiger partial charge >= 0.3 is 0 Å². The summed E-state index contributed by atoms with van der Waals surface area (Å²) in [6.07, 6.45) is 0.649. The third kappa shape index (κ3) is 5.24. The monoisotopic (exact) mass is 506 g/mol. The van der Waals surface area contributed by atoms with Crippen molar-refractivity contribution in [3.05, 3.63) is 100 Å². The van der Waals surface area contributed by atoms with Crippen LogP contribution in [0.3, 0.4) is 0 Å². The molecule has 4 aromatic rings. The largest absolute Gasteiger partial charge is 0.493 e. The smallest absolute Gasteiger partial charge is 0.255 e. The summed E-state index contributed by atoms with van der Waals surface area (Å²) in [5.41, 5.74) is 4.62. The summed E-state index contributed by atoms with van der Waals surface area (Å²) < 4.78 is 26.7. The van der Waals surface area contributed by atoms with Crippen LogP contribution in [0.25, 0.3) is 16.9 Å². The summed E-state index contributed by atoms with van der Waals surface area (Å²) in [5, 5.41) is 0.616. The van der Waals surface area contributed by atoms with E-state index in [0.717, 1.165) is 22.5 Å². The fourth-order valence-electron chi connectivity index (χ4n) is 4.24. The number of rotatable bonds is 8. The highest BCUT2D eigenvalue weighted by Gasteiger charge is 2.22. The minimum Gasteiger partial charge on any atom is -0.493 e. The SMILES string of the molecule is COc1ccc(CCN(C)C(=O)c2cc(-c3ccc(Cl)cc3)n(-c3cccc(F)c3)c2C)cc1OC. The van der Waals surface area contributed by atoms with E-state index in [1.54, 1.807) is 44.4 Å². The van der Waals surface area contributed by atoms with Crippen LogP contribution in [0.1, 0.15) is 21.6 Å². The molecule has 0 N–H and O–H groups in total. The Morgan fingerprint density at radius 2 is 1.69 bits per heavy atom. The minimum atomic E-state index is -0.345. The van der Waals surface area contributed by atoms with Gasteiger partial charge in [-0.05, 0) is 73.0 Å². The number of carbonyl (C=O) groups is 1. The Morgan fingerprint density at radius 1 is 0.972 bits per heavy atom.